The normalized spacial score (nSPS) is 10.7. The highest BCUT2D eigenvalue weighted by molar-refractivity contribution is 5.92. The van der Waals surface area contributed by atoms with E-state index in [2.05, 4.69) is 194 Å². The van der Waals surface area contributed by atoms with Crippen LogP contribution in [0.4, 0.5) is 0 Å². The maximum Gasteiger partial charge on any atom is 0.134 e. The zero-order valence-electron chi connectivity index (χ0n) is 24.9. The van der Waals surface area contributed by atoms with Crippen LogP contribution in [0.5, 0.6) is 0 Å². The van der Waals surface area contributed by atoms with E-state index in [0.29, 0.717) is 0 Å². The molecule has 214 valence electrons. The van der Waals surface area contributed by atoms with E-state index < -0.39 is 0 Å². The van der Waals surface area contributed by atoms with E-state index in [9.17, 15) is 0 Å². The van der Waals surface area contributed by atoms with Gasteiger partial charge >= 0.3 is 0 Å². The number of hydrogen-bond acceptors (Lipinski definition) is 1. The first-order valence-corrected chi connectivity index (χ1v) is 15.3. The van der Waals surface area contributed by atoms with E-state index in [1.54, 1.807) is 0 Å². The molecule has 0 amide bonds. The summed E-state index contributed by atoms with van der Waals surface area (Å²) in [6.07, 6.45) is 4.50. The zero-order valence-corrected chi connectivity index (χ0v) is 24.9. The molecule has 0 aliphatic carbocycles. The second-order valence-corrected chi connectivity index (χ2v) is 11.0. The Morgan fingerprint density at radius 2 is 0.600 bits per heavy atom. The molecule has 0 aliphatic heterocycles. The summed E-state index contributed by atoms with van der Waals surface area (Å²) in [7, 11) is 0. The van der Waals surface area contributed by atoms with Gasteiger partial charge in [-0.2, -0.15) is 0 Å². The van der Waals surface area contributed by atoms with Crippen LogP contribution in [0, 0.1) is 0 Å². The number of furan rings is 1. The van der Waals surface area contributed by atoms with E-state index >= 15 is 0 Å². The van der Waals surface area contributed by atoms with Crippen LogP contribution in [-0.2, 0) is 0 Å². The lowest BCUT2D eigenvalue weighted by atomic mass is 9.95. The van der Waals surface area contributed by atoms with Crippen molar-refractivity contribution >= 4 is 23.3 Å². The fourth-order valence-electron chi connectivity index (χ4n) is 5.61. The van der Waals surface area contributed by atoms with Crippen LogP contribution in [0.1, 0.15) is 33.4 Å². The number of hydrogen-bond donors (Lipinski definition) is 0. The van der Waals surface area contributed by atoms with Gasteiger partial charge in [0, 0.05) is 11.1 Å². The number of rotatable bonds is 8. The van der Waals surface area contributed by atoms with Crippen molar-refractivity contribution in [3.63, 3.8) is 0 Å². The minimum atomic E-state index is 0.853. The van der Waals surface area contributed by atoms with Crippen LogP contribution < -0.4 is 0 Å². The van der Waals surface area contributed by atoms with Gasteiger partial charge in [0.15, 0.2) is 0 Å². The van der Waals surface area contributed by atoms with Crippen molar-refractivity contribution in [3.8, 4) is 22.6 Å². The number of benzene rings is 6. The largest absolute Gasteiger partial charge is 0.456 e. The molecule has 0 radical (unpaired) electrons. The van der Waals surface area contributed by atoms with E-state index in [1.807, 2.05) is 0 Å². The Morgan fingerprint density at radius 1 is 0.311 bits per heavy atom. The monoisotopic (exact) mass is 576 g/mol. The molecule has 0 aliphatic rings. The molecule has 1 heterocycles. The molecule has 1 heteroatoms. The van der Waals surface area contributed by atoms with Gasteiger partial charge in [0.05, 0.1) is 0 Å². The van der Waals surface area contributed by atoms with Crippen LogP contribution in [0.25, 0.3) is 45.9 Å². The second-order valence-electron chi connectivity index (χ2n) is 11.0. The highest BCUT2D eigenvalue weighted by atomic mass is 16.3. The Hall–Kier alpha value is -5.92. The van der Waals surface area contributed by atoms with Gasteiger partial charge in [-0.1, -0.05) is 170 Å². The predicted octanol–water partition coefficient (Wildman–Crippen LogP) is 11.8. The van der Waals surface area contributed by atoms with E-state index in [-0.39, 0.29) is 0 Å². The van der Waals surface area contributed by atoms with Gasteiger partial charge in [-0.25, -0.2) is 0 Å². The summed E-state index contributed by atoms with van der Waals surface area (Å²) in [5.41, 5.74) is 11.6. The Balaban J connectivity index is 1.12. The molecule has 0 fully saturated rings. The molecular weight excluding hydrogens is 544 g/mol. The second kappa shape index (κ2) is 13.2. The van der Waals surface area contributed by atoms with E-state index in [4.69, 9.17) is 4.42 Å². The smallest absolute Gasteiger partial charge is 0.134 e. The average Bonchev–Trinajstić information content (AvgIpc) is 3.62. The van der Waals surface area contributed by atoms with Crippen molar-refractivity contribution in [2.24, 2.45) is 0 Å². The molecule has 6 aromatic carbocycles. The summed E-state index contributed by atoms with van der Waals surface area (Å²) in [5, 5.41) is 0. The minimum Gasteiger partial charge on any atom is -0.456 e. The Morgan fingerprint density at radius 3 is 0.889 bits per heavy atom. The van der Waals surface area contributed by atoms with Crippen molar-refractivity contribution < 1.29 is 4.42 Å². The molecule has 0 saturated heterocycles. The minimum absolute atomic E-state index is 0.853. The highest BCUT2D eigenvalue weighted by Crippen LogP contribution is 2.32. The van der Waals surface area contributed by atoms with Crippen LogP contribution in [0.3, 0.4) is 0 Å². The standard InChI is InChI=1S/C44H32O/c1-5-13-35(14-6-1)41(36-15-7-2-8-16-36)31-33-21-25-39(26-22-33)43-29-30-44(45-43)40-27-23-34(24-28-40)32-42(37-17-9-3-10-18-37)38-19-11-4-12-20-38/h1-32H. The van der Waals surface area contributed by atoms with Gasteiger partial charge in [0.1, 0.15) is 11.5 Å². The lowest BCUT2D eigenvalue weighted by molar-refractivity contribution is 0.597. The van der Waals surface area contributed by atoms with E-state index in [0.717, 1.165) is 33.8 Å². The Kier molecular flexibility index (Phi) is 8.15. The molecule has 0 unspecified atom stereocenters. The molecule has 0 saturated carbocycles. The van der Waals surface area contributed by atoms with Gasteiger partial charge in [-0.3, -0.25) is 0 Å². The molecule has 1 aromatic heterocycles. The van der Waals surface area contributed by atoms with Crippen LogP contribution in [0.2, 0.25) is 0 Å². The maximum atomic E-state index is 6.34. The average molecular weight is 577 g/mol. The third-order valence-electron chi connectivity index (χ3n) is 7.96. The molecule has 7 aromatic rings. The van der Waals surface area contributed by atoms with E-state index in [1.165, 1.54) is 33.4 Å². The first-order valence-electron chi connectivity index (χ1n) is 15.3. The molecule has 0 N–H and O–H groups in total. The maximum absolute atomic E-state index is 6.34. The third-order valence-corrected chi connectivity index (χ3v) is 7.96. The molecule has 0 atom stereocenters. The molecule has 0 bridgehead atoms. The van der Waals surface area contributed by atoms with Gasteiger partial charge < -0.3 is 4.42 Å². The molecule has 1 nitrogen and oxygen atoms in total. The first kappa shape index (κ1) is 27.9. The SMILES string of the molecule is C(=C(c1ccccc1)c1ccccc1)c1ccc(-c2ccc(-c3ccc(C=C(c4ccccc4)c4ccccc4)cc3)o2)cc1. The Bertz CT molecular complexity index is 1800. The molecular formula is C44H32O. The van der Waals surface area contributed by atoms with Crippen molar-refractivity contribution in [1.29, 1.82) is 0 Å². The molecule has 45 heavy (non-hydrogen) atoms. The van der Waals surface area contributed by atoms with Gasteiger partial charge in [-0.05, 0) is 68.8 Å². The lowest BCUT2D eigenvalue weighted by Crippen LogP contribution is -1.88. The fourth-order valence-corrected chi connectivity index (χ4v) is 5.61. The van der Waals surface area contributed by atoms with Crippen molar-refractivity contribution in [1.82, 2.24) is 0 Å². The molecule has 7 rings (SSSR count). The first-order chi connectivity index (χ1) is 22.3. The lowest BCUT2D eigenvalue weighted by Gasteiger charge is -2.09. The fraction of sp³-hybridized carbons (Fsp3) is 0. The highest BCUT2D eigenvalue weighted by Gasteiger charge is 2.10. The van der Waals surface area contributed by atoms with Gasteiger partial charge in [-0.15, -0.1) is 0 Å². The van der Waals surface area contributed by atoms with Crippen molar-refractivity contribution in [2.45, 2.75) is 0 Å². The summed E-state index contributed by atoms with van der Waals surface area (Å²) in [6.45, 7) is 0. The Labute approximate surface area is 265 Å². The molecule has 0 spiro atoms. The predicted molar refractivity (Wildman–Crippen MR) is 189 cm³/mol. The zero-order chi connectivity index (χ0) is 30.3. The summed E-state index contributed by atoms with van der Waals surface area (Å²) in [5.74, 6) is 1.71. The topological polar surface area (TPSA) is 13.1 Å². The van der Waals surface area contributed by atoms with Crippen LogP contribution in [0.15, 0.2) is 186 Å². The summed E-state index contributed by atoms with van der Waals surface area (Å²) >= 11 is 0. The third kappa shape index (κ3) is 6.54. The van der Waals surface area contributed by atoms with Gasteiger partial charge in [0.25, 0.3) is 0 Å². The summed E-state index contributed by atoms with van der Waals surface area (Å²) < 4.78 is 6.34. The summed E-state index contributed by atoms with van der Waals surface area (Å²) in [4.78, 5) is 0. The summed E-state index contributed by atoms with van der Waals surface area (Å²) in [6, 6.07) is 63.4. The van der Waals surface area contributed by atoms with Crippen LogP contribution >= 0.6 is 0 Å². The van der Waals surface area contributed by atoms with Crippen molar-refractivity contribution in [3.05, 3.63) is 215 Å². The van der Waals surface area contributed by atoms with Gasteiger partial charge in [0.2, 0.25) is 0 Å². The van der Waals surface area contributed by atoms with Crippen molar-refractivity contribution in [2.75, 3.05) is 0 Å². The van der Waals surface area contributed by atoms with Crippen LogP contribution in [-0.4, -0.2) is 0 Å². The quantitative estimate of drug-likeness (QED) is 0.164.